The summed E-state index contributed by atoms with van der Waals surface area (Å²) in [7, 11) is 1.31. The van der Waals surface area contributed by atoms with Gasteiger partial charge in [0.25, 0.3) is 0 Å². The maximum atomic E-state index is 14.6. The smallest absolute Gasteiger partial charge is 0.313 e. The van der Waals surface area contributed by atoms with Crippen molar-refractivity contribution in [3.63, 3.8) is 0 Å². The highest BCUT2D eigenvalue weighted by Crippen LogP contribution is 2.44. The Morgan fingerprint density at radius 2 is 1.55 bits per heavy atom. The fourth-order valence-electron chi connectivity index (χ4n) is 4.61. The average Bonchev–Trinajstić information content (AvgIpc) is 3.14. The molecule has 0 aliphatic carbocycles. The number of anilines is 2. The first-order chi connectivity index (χ1) is 14.7. The predicted molar refractivity (Wildman–Crippen MR) is 112 cm³/mol. The standard InChI is InChI=1S/C21H21ClF3N3O3/c1-31-20-11-18(16(25)10-19(20)28(29)30)26-5-2-21(3-6-26)4-7-27(12-21)17-9-14(23)13(22)8-15(17)24/h8-11H,2-7,12H2,1H3. The van der Waals surface area contributed by atoms with Gasteiger partial charge in [0.05, 0.1) is 34.5 Å². The van der Waals surface area contributed by atoms with Crippen LogP contribution >= 0.6 is 11.6 Å². The molecule has 0 saturated carbocycles. The van der Waals surface area contributed by atoms with Gasteiger partial charge in [-0.3, -0.25) is 10.1 Å². The van der Waals surface area contributed by atoms with Gasteiger partial charge >= 0.3 is 5.69 Å². The summed E-state index contributed by atoms with van der Waals surface area (Å²) in [6.07, 6.45) is 2.29. The summed E-state index contributed by atoms with van der Waals surface area (Å²) >= 11 is 5.65. The Labute approximate surface area is 182 Å². The van der Waals surface area contributed by atoms with Gasteiger partial charge in [0, 0.05) is 38.3 Å². The van der Waals surface area contributed by atoms with Crippen LogP contribution in [0.1, 0.15) is 19.3 Å². The molecule has 0 atom stereocenters. The van der Waals surface area contributed by atoms with Crippen LogP contribution in [0.4, 0.5) is 30.2 Å². The fourth-order valence-corrected chi connectivity index (χ4v) is 4.76. The van der Waals surface area contributed by atoms with Crippen LogP contribution in [0.2, 0.25) is 5.02 Å². The summed E-state index contributed by atoms with van der Waals surface area (Å²) < 4.78 is 47.8. The summed E-state index contributed by atoms with van der Waals surface area (Å²) in [5, 5.41) is 10.8. The van der Waals surface area contributed by atoms with Crippen LogP contribution < -0.4 is 14.5 Å². The molecule has 0 aromatic heterocycles. The van der Waals surface area contributed by atoms with E-state index < -0.39 is 28.1 Å². The Bertz CT molecular complexity index is 1030. The highest BCUT2D eigenvalue weighted by Gasteiger charge is 2.42. The molecule has 0 amide bonds. The zero-order valence-electron chi connectivity index (χ0n) is 16.8. The topological polar surface area (TPSA) is 58.8 Å². The molecule has 2 heterocycles. The largest absolute Gasteiger partial charge is 0.490 e. The third-order valence-electron chi connectivity index (χ3n) is 6.38. The molecule has 2 saturated heterocycles. The third-order valence-corrected chi connectivity index (χ3v) is 6.67. The number of hydrogen-bond donors (Lipinski definition) is 0. The van der Waals surface area contributed by atoms with Crippen LogP contribution in [0.15, 0.2) is 24.3 Å². The second-order valence-electron chi connectivity index (χ2n) is 8.11. The summed E-state index contributed by atoms with van der Waals surface area (Å²) in [6.45, 7) is 2.26. The molecule has 2 aliphatic heterocycles. The lowest BCUT2D eigenvalue weighted by atomic mass is 9.77. The van der Waals surface area contributed by atoms with E-state index in [1.54, 1.807) is 0 Å². The first kappa shape index (κ1) is 21.5. The van der Waals surface area contributed by atoms with E-state index in [2.05, 4.69) is 0 Å². The minimum Gasteiger partial charge on any atom is -0.490 e. The van der Waals surface area contributed by atoms with Crippen molar-refractivity contribution in [3.05, 3.63) is 56.9 Å². The monoisotopic (exact) mass is 455 g/mol. The molecule has 6 nitrogen and oxygen atoms in total. The molecule has 1 spiro atoms. The van der Waals surface area contributed by atoms with Gasteiger partial charge in [-0.25, -0.2) is 13.2 Å². The minimum atomic E-state index is -0.678. The van der Waals surface area contributed by atoms with Crippen LogP contribution in [0.5, 0.6) is 5.75 Å². The van der Waals surface area contributed by atoms with Crippen molar-refractivity contribution in [2.45, 2.75) is 19.3 Å². The zero-order chi connectivity index (χ0) is 22.3. The van der Waals surface area contributed by atoms with E-state index in [9.17, 15) is 23.3 Å². The Balaban J connectivity index is 1.48. The lowest BCUT2D eigenvalue weighted by Crippen LogP contribution is -2.42. The molecule has 166 valence electrons. The predicted octanol–water partition coefficient (Wildman–Crippen LogP) is 5.17. The van der Waals surface area contributed by atoms with E-state index in [1.165, 1.54) is 13.2 Å². The Morgan fingerprint density at radius 3 is 2.16 bits per heavy atom. The Morgan fingerprint density at radius 1 is 0.968 bits per heavy atom. The number of nitro groups is 1. The van der Waals surface area contributed by atoms with Gasteiger partial charge in [-0.1, -0.05) is 11.6 Å². The number of piperidine rings is 1. The normalized spacial score (nSPS) is 18.0. The van der Waals surface area contributed by atoms with Gasteiger partial charge in [0.15, 0.2) is 11.6 Å². The number of hydrogen-bond acceptors (Lipinski definition) is 5. The van der Waals surface area contributed by atoms with Gasteiger partial charge in [0.1, 0.15) is 11.6 Å². The fraction of sp³-hybridized carbons (Fsp3) is 0.429. The lowest BCUT2D eigenvalue weighted by Gasteiger charge is -2.40. The zero-order valence-corrected chi connectivity index (χ0v) is 17.6. The van der Waals surface area contributed by atoms with Gasteiger partial charge in [-0.05, 0) is 30.7 Å². The van der Waals surface area contributed by atoms with Gasteiger partial charge < -0.3 is 14.5 Å². The van der Waals surface area contributed by atoms with Crippen molar-refractivity contribution in [3.8, 4) is 5.75 Å². The molecule has 2 fully saturated rings. The molecule has 0 N–H and O–H groups in total. The van der Waals surface area contributed by atoms with E-state index in [0.29, 0.717) is 26.2 Å². The quantitative estimate of drug-likeness (QED) is 0.361. The summed E-state index contributed by atoms with van der Waals surface area (Å²) in [4.78, 5) is 14.1. The van der Waals surface area contributed by atoms with Gasteiger partial charge in [-0.2, -0.15) is 0 Å². The third kappa shape index (κ3) is 3.98. The second-order valence-corrected chi connectivity index (χ2v) is 8.52. The van der Waals surface area contributed by atoms with Crippen molar-refractivity contribution in [2.75, 3.05) is 43.1 Å². The molecule has 2 aliphatic rings. The first-order valence-corrected chi connectivity index (χ1v) is 10.3. The number of nitro benzene ring substituents is 1. The molecule has 0 radical (unpaired) electrons. The van der Waals surface area contributed by atoms with Crippen molar-refractivity contribution in [2.24, 2.45) is 5.41 Å². The van der Waals surface area contributed by atoms with E-state index in [-0.39, 0.29) is 27.6 Å². The van der Waals surface area contributed by atoms with Gasteiger partial charge in [-0.15, -0.1) is 0 Å². The van der Waals surface area contributed by atoms with Crippen molar-refractivity contribution in [1.82, 2.24) is 0 Å². The van der Waals surface area contributed by atoms with E-state index >= 15 is 0 Å². The van der Waals surface area contributed by atoms with Gasteiger partial charge in [0.2, 0.25) is 0 Å². The number of benzene rings is 2. The molecule has 2 aromatic carbocycles. The van der Waals surface area contributed by atoms with E-state index in [0.717, 1.165) is 37.5 Å². The number of methoxy groups -OCH3 is 1. The first-order valence-electron chi connectivity index (χ1n) is 9.89. The molecular weight excluding hydrogens is 435 g/mol. The second kappa shape index (κ2) is 8.11. The molecular formula is C21H21ClF3N3O3. The summed E-state index contributed by atoms with van der Waals surface area (Å²) in [5.41, 5.74) is -0.0355. The number of halogens is 4. The molecule has 31 heavy (non-hydrogen) atoms. The number of rotatable bonds is 4. The number of nitrogens with zero attached hydrogens (tertiary/aromatic N) is 3. The minimum absolute atomic E-state index is 0.00830. The number of ether oxygens (including phenoxy) is 1. The summed E-state index contributed by atoms with van der Waals surface area (Å²) in [5.74, 6) is -1.87. The van der Waals surface area contributed by atoms with E-state index in [1.807, 2.05) is 9.80 Å². The highest BCUT2D eigenvalue weighted by molar-refractivity contribution is 6.30. The molecule has 0 unspecified atom stereocenters. The molecule has 10 heteroatoms. The molecule has 0 bridgehead atoms. The van der Waals surface area contributed by atoms with Crippen LogP contribution in [0.25, 0.3) is 0 Å². The average molecular weight is 456 g/mol. The van der Waals surface area contributed by atoms with Crippen LogP contribution in [0.3, 0.4) is 0 Å². The summed E-state index contributed by atoms with van der Waals surface area (Å²) in [6, 6.07) is 4.36. The Hall–Kier alpha value is -2.68. The Kier molecular flexibility index (Phi) is 5.63. The molecule has 2 aromatic rings. The lowest BCUT2D eigenvalue weighted by molar-refractivity contribution is -0.385. The maximum absolute atomic E-state index is 14.6. The van der Waals surface area contributed by atoms with E-state index in [4.69, 9.17) is 16.3 Å². The van der Waals surface area contributed by atoms with Crippen LogP contribution in [0, 0.1) is 33.0 Å². The van der Waals surface area contributed by atoms with Crippen molar-refractivity contribution < 1.29 is 22.8 Å². The van der Waals surface area contributed by atoms with Crippen LogP contribution in [-0.4, -0.2) is 38.2 Å². The van der Waals surface area contributed by atoms with Crippen molar-refractivity contribution in [1.29, 1.82) is 0 Å². The molecule has 4 rings (SSSR count). The highest BCUT2D eigenvalue weighted by atomic mass is 35.5. The SMILES string of the molecule is COc1cc(N2CCC3(CC2)CCN(c2cc(F)c(Cl)cc2F)C3)c(F)cc1[N+](=O)[O-]. The maximum Gasteiger partial charge on any atom is 0.313 e. The van der Waals surface area contributed by atoms with Crippen molar-refractivity contribution >= 4 is 28.7 Å². The van der Waals surface area contributed by atoms with Crippen LogP contribution in [-0.2, 0) is 0 Å².